The number of furan rings is 7. The topological polar surface area (TPSA) is 470 Å². The van der Waals surface area contributed by atoms with Crippen LogP contribution in [0.15, 0.2) is 274 Å². The number of halogens is 1. The third-order valence-corrected chi connectivity index (χ3v) is 16.1. The van der Waals surface area contributed by atoms with Crippen molar-refractivity contribution in [3.63, 3.8) is 0 Å². The first-order valence-corrected chi connectivity index (χ1v) is 35.5. The van der Waals surface area contributed by atoms with Crippen molar-refractivity contribution >= 4 is 81.6 Å². The Hall–Kier alpha value is -5.65. The number of nitrogens with one attached hydrogen (secondary N) is 3. The number of rotatable bonds is 16. The summed E-state index contributed by atoms with van der Waals surface area (Å²) in [6, 6.07) is 51.6. The van der Waals surface area contributed by atoms with Crippen LogP contribution in [0.2, 0.25) is 0 Å². The van der Waals surface area contributed by atoms with E-state index < -0.39 is 54.5 Å². The van der Waals surface area contributed by atoms with E-state index in [1.807, 2.05) is 89.2 Å². The van der Waals surface area contributed by atoms with Gasteiger partial charge in [-0.05, 0) is 228 Å². The summed E-state index contributed by atoms with van der Waals surface area (Å²) in [5.74, 6) is 5.87. The Morgan fingerprint density at radius 3 is 1.05 bits per heavy atom. The number of aliphatic imine (C=N–C) groups is 1. The van der Waals surface area contributed by atoms with E-state index in [0.717, 1.165) is 34.4 Å². The van der Waals surface area contributed by atoms with E-state index in [4.69, 9.17) is 71.2 Å². The number of allylic oxidation sites excluding steroid dienone is 1. The summed E-state index contributed by atoms with van der Waals surface area (Å²) in [7, 11) is 6.44. The van der Waals surface area contributed by atoms with Crippen molar-refractivity contribution in [1.29, 1.82) is 0 Å². The molecule has 5 saturated heterocycles. The number of hydrogen-bond donors (Lipinski definition) is 9. The van der Waals surface area contributed by atoms with E-state index >= 15 is 0 Å². The molecule has 0 aliphatic carbocycles. The molecule has 628 valence electrons. The zero-order chi connectivity index (χ0) is 83.7. The van der Waals surface area contributed by atoms with E-state index in [9.17, 15) is 43.8 Å². The average Bonchev–Trinajstić information content (AvgIpc) is 1.65. The minimum atomic E-state index is -1.05. The second kappa shape index (κ2) is 58.6. The maximum atomic E-state index is 11.8. The molecule has 4 aromatic carbocycles. The van der Waals surface area contributed by atoms with Crippen molar-refractivity contribution in [1.82, 2.24) is 16.0 Å². The Labute approximate surface area is 888 Å². The Balaban J connectivity index is 0.000000686. The Bertz CT molecular complexity index is 4590. The minimum absolute atomic E-state index is 0. The number of carbonyl (C=O) groups excluding carboxylic acids is 7. The number of carbonyl (C=O) groups is 7. The number of β-lactam (4-membered cyclic amide) rings is 5. The van der Waals surface area contributed by atoms with Crippen LogP contribution in [0.4, 0.5) is 22.7 Å². The molecule has 0 saturated carbocycles. The first kappa shape index (κ1) is 113. The fraction of sp³-hybridized carbons (Fsp3) is 0.253. The number of amides is 5. The van der Waals surface area contributed by atoms with Gasteiger partial charge in [-0.3, -0.25) is 48.4 Å². The van der Waals surface area contributed by atoms with Crippen molar-refractivity contribution in [2.45, 2.75) is 101 Å². The normalized spacial score (nSPS) is 18.6. The molecule has 32 nitrogen and oxygen atoms in total. The largest absolute Gasteiger partial charge is 1.00 e. The zero-order valence-corrected chi connectivity index (χ0v) is 90.6. The van der Waals surface area contributed by atoms with Crippen molar-refractivity contribution < 1.29 is 347 Å². The van der Waals surface area contributed by atoms with Crippen molar-refractivity contribution in [2.75, 3.05) is 50.6 Å². The number of nitrogens with two attached hydrogens (primary N) is 1. The number of anilines is 3. The van der Waals surface area contributed by atoms with Crippen LogP contribution in [0.1, 0.15) is 110 Å². The van der Waals surface area contributed by atoms with Gasteiger partial charge in [0.05, 0.1) is 89.8 Å². The molecule has 11 aromatic rings. The van der Waals surface area contributed by atoms with Crippen molar-refractivity contribution in [3.8, 4) is 23.0 Å². The Morgan fingerprint density at radius 1 is 0.488 bits per heavy atom. The fourth-order valence-electron chi connectivity index (χ4n) is 10.3. The van der Waals surface area contributed by atoms with Crippen LogP contribution in [0.25, 0.3) is 0 Å². The smallest absolute Gasteiger partial charge is 0.870 e. The first-order chi connectivity index (χ1) is 55.1. The number of benzene rings is 4. The van der Waals surface area contributed by atoms with Gasteiger partial charge in [-0.2, -0.15) is 0 Å². The molecule has 4 radical (unpaired) electrons. The van der Waals surface area contributed by atoms with Crippen LogP contribution in [0.5, 0.6) is 23.0 Å². The molecule has 7 aromatic heterocycles. The summed E-state index contributed by atoms with van der Waals surface area (Å²) in [6.45, 7) is 12.7. The standard InChI is InChI=1S/2C14H13NO4.C12H11NO2.C11H15NO3.2C7H7NO3.C7H9NO.C5H4O2.C4H8.C2H3ClO2.4Ac.K.H2O/c2*1-18-10-6-4-9(5-7-10)15-12(13(16)14(15)17)11-3-2-8-19-11;1-14-11-6-4-10(5-7-11)13-9-12-3-2-8-15-12;1-11(2,3)15-9-8(12-10(9)13)7-5-4-6-14-7;2*9-6-5(8-7(6)10)4-2-1-3-11-4;1-9-7-4-2-6(8)3-5-7;6-4-5-2-1-3-7-5;1-4(2)3;3-2(5)1-4;;;;;;/h2*2-8,12-13,16H,1H3;2-9H,1H3;4-6,8-9H,1-3H3,(H,12,13);2*1-3,5-6,9H,(H,8,10);2-5H,8H2,1H3;1-4H;1H2,2-3H3;4H,1H2;;;;;;1H2/q;;;;;;;;;;;;;;+1;/p-1/t2*12-,13+;;8-,9+;2*5-,6+;;;;;;;;;;/m00.000........../s1. The number of ether oxygens (including phenoxy) is 5. The Morgan fingerprint density at radius 2 is 0.785 bits per heavy atom. The third-order valence-electron chi connectivity index (χ3n) is 16.0. The zero-order valence-electron chi connectivity index (χ0n) is 67.8. The monoisotopic (exact) mass is 2570 g/mol. The van der Waals surface area contributed by atoms with Gasteiger partial charge in [0.2, 0.25) is 5.24 Å². The quantitative estimate of drug-likeness (QED) is 0.00835. The molecule has 11 N–H and O–H groups in total. The fourth-order valence-corrected chi connectivity index (χ4v) is 10.3. The summed E-state index contributed by atoms with van der Waals surface area (Å²) in [5, 5.41) is 52.5. The molecule has 0 unspecified atom stereocenters. The maximum absolute atomic E-state index is 11.8. The second-order valence-electron chi connectivity index (χ2n) is 25.8. The van der Waals surface area contributed by atoms with Crippen LogP contribution >= 0.6 is 11.6 Å². The minimum Gasteiger partial charge on any atom is -0.870 e. The van der Waals surface area contributed by atoms with Crippen LogP contribution in [-0.2, 0) is 33.5 Å². The predicted molar refractivity (Wildman–Crippen MR) is 422 cm³/mol. The number of nitrogen functional groups attached to an aromatic ring is 1. The van der Waals surface area contributed by atoms with Crippen molar-refractivity contribution in [2.24, 2.45) is 4.99 Å². The van der Waals surface area contributed by atoms with E-state index in [1.165, 1.54) is 46.7 Å². The molecule has 5 aliphatic rings. The van der Waals surface area contributed by atoms with E-state index in [1.54, 1.807) is 175 Å². The molecule has 5 aliphatic heterocycles. The van der Waals surface area contributed by atoms with Gasteiger partial charge >= 0.3 is 51.4 Å². The number of nitrogens with zero attached hydrogens (tertiary/aromatic N) is 3. The first-order valence-electron chi connectivity index (χ1n) is 35.1. The molecular formula is C83H91Ac4ClKN7O25. The number of aliphatic hydroxyl groups is 5. The number of aldehydes is 1. The molecule has 0 bridgehead atoms. The van der Waals surface area contributed by atoms with E-state index in [-0.39, 0.29) is 286 Å². The Kier molecular flexibility index (Phi) is 54.9. The summed E-state index contributed by atoms with van der Waals surface area (Å²) < 4.78 is 61.3. The second-order valence-corrected chi connectivity index (χ2v) is 26.2. The molecule has 0 spiro atoms. The number of aliphatic hydroxyl groups excluding tert-OH is 5. The molecular weight excluding hydrogens is 2480 g/mol. The summed E-state index contributed by atoms with van der Waals surface area (Å²) in [6.07, 6.45) is 8.67. The summed E-state index contributed by atoms with van der Waals surface area (Å²) in [5.41, 5.74) is 9.31. The molecule has 12 heterocycles. The molecule has 5 fully saturated rings. The molecule has 38 heteroatoms. The van der Waals surface area contributed by atoms with Gasteiger partial charge in [0.1, 0.15) is 94.4 Å². The SMILES string of the molecule is C=C(C)C.CC(C)(C)O[C@H]1C(=O)N[C@H]1c1ccco1.COc1ccc(N)cc1.COc1ccc(N2C(=O)[C@H](O)[C@@H]2c2ccco2)cc1.COc1ccc(N2C(=O)[C@H](O)[C@@H]2c2ccco2)cc1.COc1ccc(N=Cc2ccco2)cc1.O=C(Cl)CO.O=C1N[C@@H](c2ccco2)[C@H]1O.O=C1N[C@@H](c2ccco2)[C@H]1O.O=Cc1ccco1.[Ac].[Ac].[Ac].[Ac].[K+].[OH-]. The average molecular weight is 2570 g/mol. The van der Waals surface area contributed by atoms with Gasteiger partial charge in [0.25, 0.3) is 29.5 Å². The van der Waals surface area contributed by atoms with Gasteiger partial charge in [-0.1, -0.05) is 5.57 Å². The van der Waals surface area contributed by atoms with Crippen LogP contribution in [0.3, 0.4) is 0 Å². The van der Waals surface area contributed by atoms with Gasteiger partial charge in [0.15, 0.2) is 42.6 Å². The summed E-state index contributed by atoms with van der Waals surface area (Å²) in [4.78, 5) is 82.4. The third kappa shape index (κ3) is 35.6. The molecule has 5 amide bonds. The van der Waals surface area contributed by atoms with Crippen molar-refractivity contribution in [3.05, 3.63) is 278 Å². The van der Waals surface area contributed by atoms with E-state index in [2.05, 4.69) is 43.5 Å². The van der Waals surface area contributed by atoms with Gasteiger partial charge < -0.3 is 107 Å². The molecule has 121 heavy (non-hydrogen) atoms. The van der Waals surface area contributed by atoms with Gasteiger partial charge in [-0.25, -0.2) is 0 Å². The molecule has 16 rings (SSSR count). The molecule has 10 atom stereocenters. The van der Waals surface area contributed by atoms with E-state index in [0.29, 0.717) is 58.0 Å². The predicted octanol–water partition coefficient (Wildman–Crippen LogP) is 8.29. The van der Waals surface area contributed by atoms with Crippen LogP contribution in [-0.4, -0.2) is 149 Å². The van der Waals surface area contributed by atoms with Gasteiger partial charge in [-0.15, -0.1) is 6.58 Å². The number of hydrogen-bond acceptors (Lipinski definition) is 27. The number of methoxy groups -OCH3 is 4. The van der Waals surface area contributed by atoms with Crippen LogP contribution in [0, 0.1) is 176 Å². The van der Waals surface area contributed by atoms with Crippen LogP contribution < -0.4 is 102 Å². The summed E-state index contributed by atoms with van der Waals surface area (Å²) >= 11 is 4.57. The maximum Gasteiger partial charge on any atom is 1.00 e. The van der Waals surface area contributed by atoms with Gasteiger partial charge in [0, 0.05) is 193 Å².